The zero-order valence-electron chi connectivity index (χ0n) is 18.6. The summed E-state index contributed by atoms with van der Waals surface area (Å²) in [6, 6.07) is 5.24. The van der Waals surface area contributed by atoms with Gasteiger partial charge in [-0.05, 0) is 24.6 Å². The van der Waals surface area contributed by atoms with Gasteiger partial charge >= 0.3 is 6.18 Å². The molecule has 10 heteroatoms. The molecule has 0 saturated carbocycles. The molecule has 1 fully saturated rings. The number of rotatable bonds is 8. The van der Waals surface area contributed by atoms with E-state index < -0.39 is 11.7 Å². The highest BCUT2D eigenvalue weighted by atomic mass is 19.4. The number of alkyl halides is 3. The number of piperazine rings is 1. The maximum absolute atomic E-state index is 13.0. The minimum atomic E-state index is -4.39. The summed E-state index contributed by atoms with van der Waals surface area (Å²) in [6.45, 7) is 4.57. The maximum atomic E-state index is 13.0. The molecule has 2 heterocycles. The molecule has 178 valence electrons. The third-order valence-corrected chi connectivity index (χ3v) is 5.62. The van der Waals surface area contributed by atoms with E-state index in [1.165, 1.54) is 24.7 Å². The number of aromatic nitrogens is 2. The fourth-order valence-corrected chi connectivity index (χ4v) is 3.72. The molecule has 0 N–H and O–H groups in total. The number of carbonyl (C=O) groups is 2. The molecule has 0 bridgehead atoms. The molecule has 1 saturated heterocycles. The summed E-state index contributed by atoms with van der Waals surface area (Å²) in [5.74, 6) is -0.328. The van der Waals surface area contributed by atoms with E-state index in [9.17, 15) is 22.8 Å². The van der Waals surface area contributed by atoms with E-state index in [-0.39, 0.29) is 30.5 Å². The fraction of sp³-hybridized carbons (Fsp3) is 0.478. The van der Waals surface area contributed by atoms with E-state index in [4.69, 9.17) is 0 Å². The monoisotopic (exact) mass is 463 g/mol. The summed E-state index contributed by atoms with van der Waals surface area (Å²) >= 11 is 0. The lowest BCUT2D eigenvalue weighted by Crippen LogP contribution is -2.49. The Morgan fingerprint density at radius 1 is 1.09 bits per heavy atom. The lowest BCUT2D eigenvalue weighted by molar-refractivity contribution is -0.137. The normalized spacial score (nSPS) is 14.3. The molecule has 0 unspecified atom stereocenters. The first kappa shape index (κ1) is 24.5. The number of hydrogen-bond donors (Lipinski definition) is 0. The molecule has 0 spiro atoms. The van der Waals surface area contributed by atoms with Crippen LogP contribution in [0.2, 0.25) is 0 Å². The van der Waals surface area contributed by atoms with Gasteiger partial charge in [0.2, 0.25) is 5.91 Å². The van der Waals surface area contributed by atoms with Crippen molar-refractivity contribution in [3.8, 4) is 0 Å². The Labute approximate surface area is 191 Å². The van der Waals surface area contributed by atoms with E-state index in [2.05, 4.69) is 9.97 Å². The molecule has 2 amide bonds. The van der Waals surface area contributed by atoms with Crippen LogP contribution in [0.3, 0.4) is 0 Å². The Bertz CT molecular complexity index is 931. The minimum absolute atomic E-state index is 0.0767. The molecule has 1 aliphatic heterocycles. The number of nitrogens with zero attached hydrogens (tertiary/aromatic N) is 5. The van der Waals surface area contributed by atoms with Gasteiger partial charge in [-0.1, -0.05) is 19.4 Å². The average Bonchev–Trinajstić information content (AvgIpc) is 2.84. The highest BCUT2D eigenvalue weighted by Gasteiger charge is 2.31. The zero-order valence-corrected chi connectivity index (χ0v) is 18.6. The summed E-state index contributed by atoms with van der Waals surface area (Å²) in [5.41, 5.74) is 0.0615. The van der Waals surface area contributed by atoms with Crippen molar-refractivity contribution >= 4 is 17.5 Å². The second kappa shape index (κ2) is 11.1. The van der Waals surface area contributed by atoms with Gasteiger partial charge in [0.05, 0.1) is 11.8 Å². The van der Waals surface area contributed by atoms with E-state index in [1.807, 2.05) is 11.8 Å². The van der Waals surface area contributed by atoms with Gasteiger partial charge in [0.15, 0.2) is 0 Å². The molecule has 1 aliphatic rings. The first-order valence-corrected chi connectivity index (χ1v) is 11.0. The van der Waals surface area contributed by atoms with Crippen molar-refractivity contribution in [2.24, 2.45) is 0 Å². The predicted octanol–water partition coefficient (Wildman–Crippen LogP) is 3.48. The molecular formula is C23H28F3N5O2. The standard InChI is InChI=1S/C23H28F3N5O2/c1-2-3-10-31(22(33)20-17-27-8-9-28-20)11-7-21(32)30-14-12-29(13-15-30)19-6-4-5-18(16-19)23(24,25)26/h4-6,8-9,16-17H,2-3,7,10-15H2,1H3. The van der Waals surface area contributed by atoms with Gasteiger partial charge < -0.3 is 14.7 Å². The smallest absolute Gasteiger partial charge is 0.368 e. The van der Waals surface area contributed by atoms with Gasteiger partial charge in [-0.15, -0.1) is 0 Å². The van der Waals surface area contributed by atoms with Crippen LogP contribution in [0.4, 0.5) is 18.9 Å². The second-order valence-electron chi connectivity index (χ2n) is 7.90. The molecule has 0 aliphatic carbocycles. The molecular weight excluding hydrogens is 435 g/mol. The van der Waals surface area contributed by atoms with Crippen molar-refractivity contribution in [3.05, 3.63) is 54.1 Å². The summed E-state index contributed by atoms with van der Waals surface area (Å²) in [7, 11) is 0. The van der Waals surface area contributed by atoms with Crippen LogP contribution in [0.15, 0.2) is 42.9 Å². The Kier molecular flexibility index (Phi) is 8.24. The Hall–Kier alpha value is -3.17. The van der Waals surface area contributed by atoms with Crippen LogP contribution in [0, 0.1) is 0 Å². The maximum Gasteiger partial charge on any atom is 0.416 e. The number of halogens is 3. The van der Waals surface area contributed by atoms with Crippen LogP contribution in [-0.2, 0) is 11.0 Å². The number of unbranched alkanes of at least 4 members (excludes halogenated alkanes) is 1. The first-order valence-electron chi connectivity index (χ1n) is 11.0. The summed E-state index contributed by atoms with van der Waals surface area (Å²) in [5, 5.41) is 0. The summed E-state index contributed by atoms with van der Waals surface area (Å²) in [6.07, 6.45) is 1.89. The van der Waals surface area contributed by atoms with Gasteiger partial charge in [0.25, 0.3) is 5.91 Å². The minimum Gasteiger partial charge on any atom is -0.368 e. The molecule has 0 atom stereocenters. The van der Waals surface area contributed by atoms with Gasteiger partial charge in [0, 0.05) is 63.8 Å². The van der Waals surface area contributed by atoms with Crippen LogP contribution in [0.5, 0.6) is 0 Å². The molecule has 3 rings (SSSR count). The lowest BCUT2D eigenvalue weighted by atomic mass is 10.1. The van der Waals surface area contributed by atoms with Crippen molar-refractivity contribution in [3.63, 3.8) is 0 Å². The van der Waals surface area contributed by atoms with Crippen LogP contribution in [-0.4, -0.2) is 70.9 Å². The summed E-state index contributed by atoms with van der Waals surface area (Å²) in [4.78, 5) is 38.7. The van der Waals surface area contributed by atoms with Crippen molar-refractivity contribution in [1.29, 1.82) is 0 Å². The number of benzene rings is 1. The summed E-state index contributed by atoms with van der Waals surface area (Å²) < 4.78 is 39.0. The molecule has 33 heavy (non-hydrogen) atoms. The van der Waals surface area contributed by atoms with Crippen molar-refractivity contribution in [2.75, 3.05) is 44.2 Å². The first-order chi connectivity index (χ1) is 15.8. The van der Waals surface area contributed by atoms with Crippen molar-refractivity contribution < 1.29 is 22.8 Å². The molecule has 1 aromatic carbocycles. The number of carbonyl (C=O) groups excluding carboxylic acids is 2. The third kappa shape index (κ3) is 6.66. The largest absolute Gasteiger partial charge is 0.416 e. The zero-order chi connectivity index (χ0) is 23.8. The SMILES string of the molecule is CCCCN(CCC(=O)N1CCN(c2cccc(C(F)(F)F)c2)CC1)C(=O)c1cnccn1. The Morgan fingerprint density at radius 2 is 1.85 bits per heavy atom. The van der Waals surface area contributed by atoms with Crippen LogP contribution in [0.25, 0.3) is 0 Å². The van der Waals surface area contributed by atoms with Crippen LogP contribution < -0.4 is 4.90 Å². The Balaban J connectivity index is 1.54. The van der Waals surface area contributed by atoms with Gasteiger partial charge in [-0.3, -0.25) is 14.6 Å². The molecule has 1 aromatic heterocycles. The van der Waals surface area contributed by atoms with Crippen molar-refractivity contribution in [1.82, 2.24) is 19.8 Å². The number of hydrogen-bond acceptors (Lipinski definition) is 5. The molecule has 2 aromatic rings. The lowest BCUT2D eigenvalue weighted by Gasteiger charge is -2.36. The van der Waals surface area contributed by atoms with Gasteiger partial charge in [0.1, 0.15) is 5.69 Å². The van der Waals surface area contributed by atoms with Crippen LogP contribution >= 0.6 is 0 Å². The van der Waals surface area contributed by atoms with E-state index >= 15 is 0 Å². The third-order valence-electron chi connectivity index (χ3n) is 5.62. The Morgan fingerprint density at radius 3 is 2.48 bits per heavy atom. The van der Waals surface area contributed by atoms with E-state index in [0.717, 1.165) is 25.0 Å². The number of anilines is 1. The highest BCUT2D eigenvalue weighted by molar-refractivity contribution is 5.92. The van der Waals surface area contributed by atoms with E-state index in [1.54, 1.807) is 15.9 Å². The average molecular weight is 464 g/mol. The van der Waals surface area contributed by atoms with Crippen LogP contribution in [0.1, 0.15) is 42.2 Å². The fourth-order valence-electron chi connectivity index (χ4n) is 3.72. The quantitative estimate of drug-likeness (QED) is 0.600. The number of amides is 2. The van der Waals surface area contributed by atoms with Gasteiger partial charge in [-0.25, -0.2) is 4.98 Å². The topological polar surface area (TPSA) is 69.6 Å². The second-order valence-corrected chi connectivity index (χ2v) is 7.90. The molecule has 0 radical (unpaired) electrons. The van der Waals surface area contributed by atoms with Crippen molar-refractivity contribution in [2.45, 2.75) is 32.4 Å². The van der Waals surface area contributed by atoms with Gasteiger partial charge in [-0.2, -0.15) is 13.2 Å². The molecule has 7 nitrogen and oxygen atoms in total. The van der Waals surface area contributed by atoms with E-state index in [0.29, 0.717) is 38.4 Å². The predicted molar refractivity (Wildman–Crippen MR) is 118 cm³/mol. The highest BCUT2D eigenvalue weighted by Crippen LogP contribution is 2.31.